The van der Waals surface area contributed by atoms with E-state index in [1.807, 2.05) is 0 Å². The van der Waals surface area contributed by atoms with Gasteiger partial charge >= 0.3 is 0 Å². The largest absolute Gasteiger partial charge is 0.369 e. The standard InChI is InChI=1S/C18H34NO/c1-4-19(5-2,6-3)7-8-20-18-12-15-9-16(13-18)11-17(10-15)14-18/h15-17H,4-14H2,1-3H3/q+1. The topological polar surface area (TPSA) is 9.23 Å². The third-order valence-electron chi connectivity index (χ3n) is 6.97. The Balaban J connectivity index is 1.56. The number of rotatable bonds is 7. The summed E-state index contributed by atoms with van der Waals surface area (Å²) in [5, 5.41) is 0. The van der Waals surface area contributed by atoms with Crippen molar-refractivity contribution in [1.29, 1.82) is 0 Å². The van der Waals surface area contributed by atoms with Gasteiger partial charge in [0.25, 0.3) is 0 Å². The molecule has 0 aromatic carbocycles. The fourth-order valence-corrected chi connectivity index (χ4v) is 5.81. The van der Waals surface area contributed by atoms with Crippen molar-refractivity contribution in [3.05, 3.63) is 0 Å². The van der Waals surface area contributed by atoms with Crippen LogP contribution in [0.3, 0.4) is 0 Å². The highest BCUT2D eigenvalue weighted by Crippen LogP contribution is 2.57. The SMILES string of the molecule is CC[N+](CC)(CC)CCOC12CC3CC(CC(C3)C1)C2. The average Bonchev–Trinajstić information content (AvgIpc) is 2.42. The van der Waals surface area contributed by atoms with Gasteiger partial charge in [0.1, 0.15) is 6.54 Å². The van der Waals surface area contributed by atoms with E-state index in [1.165, 1.54) is 69.2 Å². The van der Waals surface area contributed by atoms with E-state index in [9.17, 15) is 0 Å². The second-order valence-electron chi connectivity index (χ2n) is 7.96. The molecule has 0 saturated heterocycles. The van der Waals surface area contributed by atoms with Crippen LogP contribution in [-0.2, 0) is 4.74 Å². The summed E-state index contributed by atoms with van der Waals surface area (Å²) >= 11 is 0. The molecule has 4 aliphatic carbocycles. The first kappa shape index (κ1) is 14.8. The summed E-state index contributed by atoms with van der Waals surface area (Å²) in [6.45, 7) is 12.9. The Morgan fingerprint density at radius 2 is 1.30 bits per heavy atom. The number of nitrogens with zero attached hydrogens (tertiary/aromatic N) is 1. The molecule has 0 spiro atoms. The summed E-state index contributed by atoms with van der Waals surface area (Å²) < 4.78 is 7.82. The summed E-state index contributed by atoms with van der Waals surface area (Å²) in [4.78, 5) is 0. The maximum atomic E-state index is 6.59. The molecule has 4 saturated carbocycles. The van der Waals surface area contributed by atoms with Crippen molar-refractivity contribution in [2.24, 2.45) is 17.8 Å². The fourth-order valence-electron chi connectivity index (χ4n) is 5.81. The molecule has 0 amide bonds. The van der Waals surface area contributed by atoms with Gasteiger partial charge in [-0.25, -0.2) is 0 Å². The summed E-state index contributed by atoms with van der Waals surface area (Å²) in [7, 11) is 0. The number of quaternary nitrogens is 1. The van der Waals surface area contributed by atoms with E-state index in [0.717, 1.165) is 24.4 Å². The Labute approximate surface area is 125 Å². The lowest BCUT2D eigenvalue weighted by Crippen LogP contribution is -2.54. The molecule has 2 heteroatoms. The molecular weight excluding hydrogens is 246 g/mol. The van der Waals surface area contributed by atoms with E-state index in [4.69, 9.17) is 4.74 Å². The first-order valence-electron chi connectivity index (χ1n) is 9.11. The zero-order valence-corrected chi connectivity index (χ0v) is 13.9. The molecule has 0 radical (unpaired) electrons. The second kappa shape index (κ2) is 5.61. The smallest absolute Gasteiger partial charge is 0.102 e. The minimum Gasteiger partial charge on any atom is -0.369 e. The third kappa shape index (κ3) is 2.66. The molecule has 0 heterocycles. The van der Waals surface area contributed by atoms with Crippen LogP contribution in [0.4, 0.5) is 0 Å². The van der Waals surface area contributed by atoms with Crippen LogP contribution < -0.4 is 0 Å². The van der Waals surface area contributed by atoms with Crippen molar-refractivity contribution in [2.45, 2.75) is 64.9 Å². The first-order valence-corrected chi connectivity index (χ1v) is 9.11. The van der Waals surface area contributed by atoms with E-state index in [-0.39, 0.29) is 0 Å². The van der Waals surface area contributed by atoms with Crippen molar-refractivity contribution in [3.63, 3.8) is 0 Å². The highest BCUT2D eigenvalue weighted by Gasteiger charge is 2.51. The van der Waals surface area contributed by atoms with Gasteiger partial charge in [-0.05, 0) is 77.0 Å². The van der Waals surface area contributed by atoms with E-state index in [0.29, 0.717) is 5.60 Å². The summed E-state index contributed by atoms with van der Waals surface area (Å²) in [5.41, 5.74) is 0.305. The van der Waals surface area contributed by atoms with Crippen molar-refractivity contribution in [3.8, 4) is 0 Å². The van der Waals surface area contributed by atoms with Gasteiger partial charge in [-0.15, -0.1) is 0 Å². The summed E-state index contributed by atoms with van der Waals surface area (Å²) in [6, 6.07) is 0. The Bertz CT molecular complexity index is 291. The van der Waals surface area contributed by atoms with Gasteiger partial charge < -0.3 is 9.22 Å². The number of ether oxygens (including phenoxy) is 1. The molecule has 4 bridgehead atoms. The molecule has 0 aromatic heterocycles. The van der Waals surface area contributed by atoms with Crippen LogP contribution >= 0.6 is 0 Å². The number of hydrogen-bond donors (Lipinski definition) is 0. The van der Waals surface area contributed by atoms with Crippen LogP contribution in [0.15, 0.2) is 0 Å². The van der Waals surface area contributed by atoms with Crippen LogP contribution in [0.1, 0.15) is 59.3 Å². The molecule has 4 rings (SSSR count). The van der Waals surface area contributed by atoms with Crippen LogP contribution in [0.2, 0.25) is 0 Å². The highest BCUT2D eigenvalue weighted by molar-refractivity contribution is 5.03. The molecule has 0 aliphatic heterocycles. The van der Waals surface area contributed by atoms with Crippen LogP contribution in [-0.4, -0.2) is 42.9 Å². The zero-order valence-electron chi connectivity index (χ0n) is 13.9. The molecule has 0 unspecified atom stereocenters. The molecule has 0 N–H and O–H groups in total. The van der Waals surface area contributed by atoms with Gasteiger partial charge in [0.2, 0.25) is 0 Å². The minimum atomic E-state index is 0.305. The lowest BCUT2D eigenvalue weighted by atomic mass is 9.54. The molecule has 4 aliphatic rings. The normalized spacial score (nSPS) is 39.5. The number of likely N-dealkylation sites (N-methyl/N-ethyl adjacent to an activating group) is 1. The highest BCUT2D eigenvalue weighted by atomic mass is 16.5. The zero-order chi connectivity index (χ0) is 14.2. The van der Waals surface area contributed by atoms with E-state index in [1.54, 1.807) is 0 Å². The third-order valence-corrected chi connectivity index (χ3v) is 6.97. The maximum absolute atomic E-state index is 6.59. The Morgan fingerprint density at radius 1 is 0.850 bits per heavy atom. The van der Waals surface area contributed by atoms with Crippen molar-refractivity contribution in [2.75, 3.05) is 32.8 Å². The molecule has 0 aromatic rings. The van der Waals surface area contributed by atoms with Crippen molar-refractivity contribution < 1.29 is 9.22 Å². The quantitative estimate of drug-likeness (QED) is 0.644. The molecule has 116 valence electrons. The van der Waals surface area contributed by atoms with Gasteiger partial charge in [0.15, 0.2) is 0 Å². The van der Waals surface area contributed by atoms with Gasteiger partial charge in [-0.3, -0.25) is 0 Å². The molecular formula is C18H34NO+. The van der Waals surface area contributed by atoms with Crippen molar-refractivity contribution >= 4 is 0 Å². The Kier molecular flexibility index (Phi) is 4.16. The predicted molar refractivity (Wildman–Crippen MR) is 83.6 cm³/mol. The monoisotopic (exact) mass is 280 g/mol. The van der Waals surface area contributed by atoms with E-state index in [2.05, 4.69) is 20.8 Å². The van der Waals surface area contributed by atoms with Gasteiger partial charge in [-0.2, -0.15) is 0 Å². The van der Waals surface area contributed by atoms with Crippen LogP contribution in [0, 0.1) is 17.8 Å². The lowest BCUT2D eigenvalue weighted by Gasteiger charge is -2.56. The Hall–Kier alpha value is -0.0800. The predicted octanol–water partition coefficient (Wildman–Crippen LogP) is 3.85. The molecule has 20 heavy (non-hydrogen) atoms. The summed E-state index contributed by atoms with van der Waals surface area (Å²) in [5.74, 6) is 3.01. The van der Waals surface area contributed by atoms with E-state index < -0.39 is 0 Å². The summed E-state index contributed by atoms with van der Waals surface area (Å²) in [6.07, 6.45) is 8.68. The lowest BCUT2D eigenvalue weighted by molar-refractivity contribution is -0.923. The second-order valence-corrected chi connectivity index (χ2v) is 7.96. The Morgan fingerprint density at radius 3 is 1.70 bits per heavy atom. The fraction of sp³-hybridized carbons (Fsp3) is 1.00. The van der Waals surface area contributed by atoms with E-state index >= 15 is 0 Å². The van der Waals surface area contributed by atoms with Gasteiger partial charge in [0.05, 0.1) is 31.8 Å². The minimum absolute atomic E-state index is 0.305. The van der Waals surface area contributed by atoms with Gasteiger partial charge in [-0.1, -0.05) is 0 Å². The number of hydrogen-bond acceptors (Lipinski definition) is 1. The average molecular weight is 280 g/mol. The van der Waals surface area contributed by atoms with Crippen LogP contribution in [0.5, 0.6) is 0 Å². The van der Waals surface area contributed by atoms with Crippen LogP contribution in [0.25, 0.3) is 0 Å². The van der Waals surface area contributed by atoms with Crippen molar-refractivity contribution in [1.82, 2.24) is 0 Å². The first-order chi connectivity index (χ1) is 9.62. The molecule has 0 atom stereocenters. The maximum Gasteiger partial charge on any atom is 0.102 e. The molecule has 2 nitrogen and oxygen atoms in total. The van der Waals surface area contributed by atoms with Gasteiger partial charge in [0, 0.05) is 0 Å². The molecule has 4 fully saturated rings.